The summed E-state index contributed by atoms with van der Waals surface area (Å²) in [6, 6.07) is 16.2. The number of fused-ring (bicyclic) bond motifs is 1. The first kappa shape index (κ1) is 24.2. The third kappa shape index (κ3) is 3.79. The molecule has 1 aliphatic rings. The van der Waals surface area contributed by atoms with Gasteiger partial charge in [-0.3, -0.25) is 14.0 Å². The highest BCUT2D eigenvalue weighted by Crippen LogP contribution is 2.38. The fourth-order valence-electron chi connectivity index (χ4n) is 4.75. The summed E-state index contributed by atoms with van der Waals surface area (Å²) in [5.41, 5.74) is 6.82. The zero-order chi connectivity index (χ0) is 25.8. The molecular weight excluding hydrogens is 451 g/mol. The molecule has 0 radical (unpaired) electrons. The summed E-state index contributed by atoms with van der Waals surface area (Å²) in [6.07, 6.45) is 3.52. The number of nitrogens with zero attached hydrogens (tertiary/aromatic N) is 2. The SMILES string of the molecule is Cc1c(B2OC(C)(C)C(C)(C)O2)cccc1-c1cccc(-c2ccn3c(=O)c(C=O)cnc3c2)c1C. The minimum Gasteiger partial charge on any atom is -0.399 e. The Morgan fingerprint density at radius 1 is 0.889 bits per heavy atom. The lowest BCUT2D eigenvalue weighted by Gasteiger charge is -2.32. The van der Waals surface area contributed by atoms with Crippen LogP contribution in [0.5, 0.6) is 0 Å². The van der Waals surface area contributed by atoms with Crippen LogP contribution in [0.25, 0.3) is 27.9 Å². The van der Waals surface area contributed by atoms with Crippen molar-refractivity contribution in [1.29, 1.82) is 0 Å². The summed E-state index contributed by atoms with van der Waals surface area (Å²) < 4.78 is 14.1. The van der Waals surface area contributed by atoms with Crippen LogP contribution < -0.4 is 11.0 Å². The fourth-order valence-corrected chi connectivity index (χ4v) is 4.75. The number of aldehydes is 1. The second-order valence-corrected chi connectivity index (χ2v) is 10.4. The van der Waals surface area contributed by atoms with E-state index in [1.165, 1.54) is 10.6 Å². The number of pyridine rings is 1. The van der Waals surface area contributed by atoms with Gasteiger partial charge < -0.3 is 9.31 Å². The summed E-state index contributed by atoms with van der Waals surface area (Å²) >= 11 is 0. The largest absolute Gasteiger partial charge is 0.495 e. The van der Waals surface area contributed by atoms with Gasteiger partial charge in [-0.2, -0.15) is 0 Å². The van der Waals surface area contributed by atoms with Gasteiger partial charge in [0, 0.05) is 12.4 Å². The van der Waals surface area contributed by atoms with Crippen molar-refractivity contribution in [2.24, 2.45) is 0 Å². The van der Waals surface area contributed by atoms with Crippen LogP contribution in [-0.4, -0.2) is 34.0 Å². The van der Waals surface area contributed by atoms with Crippen molar-refractivity contribution in [2.45, 2.75) is 52.7 Å². The highest BCUT2D eigenvalue weighted by molar-refractivity contribution is 6.62. The quantitative estimate of drug-likeness (QED) is 0.311. The number of carbonyl (C=O) groups is 1. The van der Waals surface area contributed by atoms with E-state index in [2.05, 4.69) is 70.8 Å². The maximum absolute atomic E-state index is 12.4. The highest BCUT2D eigenvalue weighted by atomic mass is 16.7. The van der Waals surface area contributed by atoms with Crippen LogP contribution >= 0.6 is 0 Å². The van der Waals surface area contributed by atoms with E-state index in [-0.39, 0.29) is 11.1 Å². The topological polar surface area (TPSA) is 69.9 Å². The summed E-state index contributed by atoms with van der Waals surface area (Å²) in [5.74, 6) is 0. The Morgan fingerprint density at radius 2 is 1.50 bits per heavy atom. The number of aromatic nitrogens is 2. The van der Waals surface area contributed by atoms with E-state index >= 15 is 0 Å². The first-order chi connectivity index (χ1) is 17.0. The average Bonchev–Trinajstić information content (AvgIpc) is 3.06. The normalized spacial score (nSPS) is 16.4. The van der Waals surface area contributed by atoms with Crippen LogP contribution in [0.3, 0.4) is 0 Å². The van der Waals surface area contributed by atoms with Crippen LogP contribution in [0.1, 0.15) is 49.2 Å². The lowest BCUT2D eigenvalue weighted by Crippen LogP contribution is -2.41. The molecular formula is C29H29BN2O4. The van der Waals surface area contributed by atoms with E-state index in [4.69, 9.17) is 9.31 Å². The number of hydrogen-bond acceptors (Lipinski definition) is 5. The number of rotatable bonds is 4. The van der Waals surface area contributed by atoms with Crippen LogP contribution in [0.15, 0.2) is 65.7 Å². The summed E-state index contributed by atoms with van der Waals surface area (Å²) in [6.45, 7) is 12.5. The molecule has 0 aliphatic carbocycles. The standard InChI is InChI=1S/C29H29BN2O4/c1-18-22(20-13-14-32-26(15-20)31-16-21(17-33)27(32)34)9-7-10-23(18)24-11-8-12-25(19(24)2)30-35-28(3,4)29(5,6)36-30/h7-17H,1-6H3. The Hall–Kier alpha value is -3.55. The van der Waals surface area contributed by atoms with Crippen molar-refractivity contribution in [3.05, 3.63) is 88.0 Å². The van der Waals surface area contributed by atoms with Crippen molar-refractivity contribution in [3.8, 4) is 22.3 Å². The van der Waals surface area contributed by atoms with Gasteiger partial charge in [0.15, 0.2) is 6.29 Å². The zero-order valence-corrected chi connectivity index (χ0v) is 21.5. The van der Waals surface area contributed by atoms with Crippen molar-refractivity contribution >= 4 is 24.5 Å². The first-order valence-corrected chi connectivity index (χ1v) is 12.1. The lowest BCUT2D eigenvalue weighted by molar-refractivity contribution is 0.00578. The number of carbonyl (C=O) groups excluding carboxylic acids is 1. The number of hydrogen-bond donors (Lipinski definition) is 0. The molecule has 4 aromatic rings. The van der Waals surface area contributed by atoms with Crippen LogP contribution in [0.2, 0.25) is 0 Å². The molecule has 0 atom stereocenters. The highest BCUT2D eigenvalue weighted by Gasteiger charge is 2.52. The third-order valence-corrected chi connectivity index (χ3v) is 7.68. The smallest absolute Gasteiger partial charge is 0.399 e. The van der Waals surface area contributed by atoms with E-state index < -0.39 is 18.3 Å². The Labute approximate surface area is 211 Å². The van der Waals surface area contributed by atoms with E-state index in [9.17, 15) is 9.59 Å². The summed E-state index contributed by atoms with van der Waals surface area (Å²) in [4.78, 5) is 27.9. The maximum Gasteiger partial charge on any atom is 0.495 e. The van der Waals surface area contributed by atoms with Gasteiger partial charge in [0.2, 0.25) is 0 Å². The Morgan fingerprint density at radius 3 is 2.17 bits per heavy atom. The molecule has 2 aromatic heterocycles. The molecule has 5 rings (SSSR count). The minimum absolute atomic E-state index is 0.0378. The monoisotopic (exact) mass is 480 g/mol. The first-order valence-electron chi connectivity index (χ1n) is 12.1. The molecule has 0 spiro atoms. The molecule has 2 aromatic carbocycles. The second-order valence-electron chi connectivity index (χ2n) is 10.4. The van der Waals surface area contributed by atoms with Crippen LogP contribution in [0, 0.1) is 13.8 Å². The van der Waals surface area contributed by atoms with Crippen molar-refractivity contribution < 1.29 is 14.1 Å². The average molecular weight is 480 g/mol. The fraction of sp³-hybridized carbons (Fsp3) is 0.276. The molecule has 1 saturated heterocycles. The lowest BCUT2D eigenvalue weighted by atomic mass is 9.74. The van der Waals surface area contributed by atoms with Gasteiger partial charge >= 0.3 is 7.12 Å². The molecule has 1 fully saturated rings. The van der Waals surface area contributed by atoms with Crippen LogP contribution in [0.4, 0.5) is 0 Å². The molecule has 0 unspecified atom stereocenters. The molecule has 0 amide bonds. The predicted molar refractivity (Wildman–Crippen MR) is 143 cm³/mol. The molecule has 6 nitrogen and oxygen atoms in total. The molecule has 1 aliphatic heterocycles. The Bertz CT molecular complexity index is 1560. The Balaban J connectivity index is 1.58. The third-order valence-electron chi connectivity index (χ3n) is 7.68. The van der Waals surface area contributed by atoms with Gasteiger partial charge in [-0.15, -0.1) is 0 Å². The molecule has 3 heterocycles. The predicted octanol–water partition coefficient (Wildman–Crippen LogP) is 4.76. The van der Waals surface area contributed by atoms with Gasteiger partial charge in [0.1, 0.15) is 5.65 Å². The van der Waals surface area contributed by atoms with E-state index in [1.54, 1.807) is 6.20 Å². The van der Waals surface area contributed by atoms with E-state index in [0.29, 0.717) is 11.9 Å². The maximum atomic E-state index is 12.4. The van der Waals surface area contributed by atoms with Gasteiger partial charge in [0.05, 0.1) is 16.8 Å². The van der Waals surface area contributed by atoms with Gasteiger partial charge in [-0.05, 0) is 92.5 Å². The van der Waals surface area contributed by atoms with Gasteiger partial charge in [-0.1, -0.05) is 36.4 Å². The van der Waals surface area contributed by atoms with E-state index in [0.717, 1.165) is 38.8 Å². The van der Waals surface area contributed by atoms with Gasteiger partial charge in [-0.25, -0.2) is 4.98 Å². The van der Waals surface area contributed by atoms with Crippen LogP contribution in [-0.2, 0) is 9.31 Å². The number of benzene rings is 2. The summed E-state index contributed by atoms with van der Waals surface area (Å²) in [7, 11) is -0.431. The van der Waals surface area contributed by atoms with Crippen molar-refractivity contribution in [1.82, 2.24) is 9.38 Å². The minimum atomic E-state index is -0.431. The Kier molecular flexibility index (Phi) is 5.73. The molecule has 0 N–H and O–H groups in total. The second kappa shape index (κ2) is 8.54. The molecule has 36 heavy (non-hydrogen) atoms. The van der Waals surface area contributed by atoms with Crippen molar-refractivity contribution in [3.63, 3.8) is 0 Å². The molecule has 0 saturated carbocycles. The summed E-state index contributed by atoms with van der Waals surface area (Å²) in [5, 5.41) is 0. The molecule has 182 valence electrons. The van der Waals surface area contributed by atoms with Crippen molar-refractivity contribution in [2.75, 3.05) is 0 Å². The zero-order valence-electron chi connectivity index (χ0n) is 21.5. The molecule has 0 bridgehead atoms. The van der Waals surface area contributed by atoms with Gasteiger partial charge in [0.25, 0.3) is 5.56 Å². The molecule has 7 heteroatoms. The van der Waals surface area contributed by atoms with E-state index in [1.807, 2.05) is 24.3 Å².